The van der Waals surface area contributed by atoms with Crippen LogP contribution in [0.2, 0.25) is 0 Å². The highest BCUT2D eigenvalue weighted by Gasteiger charge is 2.31. The number of hydrogen-bond acceptors (Lipinski definition) is 8. The van der Waals surface area contributed by atoms with E-state index in [1.165, 1.54) is 29.2 Å². The SMILES string of the molecule is CCOc1ccc([C@@H]2C(C(=O)OC)=CN=c3s/c(=C\c4ccc(N(C)C)c(Br)c4)c(=O)n32)cc1OCC. The van der Waals surface area contributed by atoms with Crippen LogP contribution in [-0.2, 0) is 9.53 Å². The lowest BCUT2D eigenvalue weighted by molar-refractivity contribution is -0.136. The minimum Gasteiger partial charge on any atom is -0.490 e. The molecule has 1 aliphatic heterocycles. The zero-order valence-electron chi connectivity index (χ0n) is 21.3. The first-order valence-corrected chi connectivity index (χ1v) is 13.4. The van der Waals surface area contributed by atoms with Gasteiger partial charge in [-0.15, -0.1) is 0 Å². The van der Waals surface area contributed by atoms with Crippen LogP contribution in [0.3, 0.4) is 0 Å². The topological polar surface area (TPSA) is 82.4 Å². The summed E-state index contributed by atoms with van der Waals surface area (Å²) in [7, 11) is 5.24. The Hall–Kier alpha value is -3.37. The second-order valence-corrected chi connectivity index (χ2v) is 10.2. The first-order chi connectivity index (χ1) is 17.8. The summed E-state index contributed by atoms with van der Waals surface area (Å²) >= 11 is 4.87. The number of ether oxygens (including phenoxy) is 3. The smallest absolute Gasteiger partial charge is 0.337 e. The van der Waals surface area contributed by atoms with Gasteiger partial charge in [0.05, 0.1) is 42.2 Å². The fourth-order valence-electron chi connectivity index (χ4n) is 4.11. The molecule has 1 aromatic heterocycles. The quantitative estimate of drug-likeness (QED) is 0.375. The molecule has 1 aliphatic rings. The molecule has 0 N–H and O–H groups in total. The minimum absolute atomic E-state index is 0.247. The normalized spacial score (nSPS) is 14.9. The highest BCUT2D eigenvalue weighted by atomic mass is 79.9. The van der Waals surface area contributed by atoms with Crippen LogP contribution in [0, 0.1) is 0 Å². The van der Waals surface area contributed by atoms with E-state index in [0.717, 1.165) is 15.7 Å². The van der Waals surface area contributed by atoms with E-state index in [1.807, 2.05) is 63.2 Å². The standard InChI is InChI=1S/C27H28BrN3O5S/c1-6-35-21-11-9-17(14-22(21)36-7-2)24-18(26(33)34-5)15-29-27-31(24)25(32)23(37-27)13-16-8-10-20(30(3)4)19(28)12-16/h8-15,24H,6-7H2,1-5H3/b23-13-/t24-/m1/s1. The summed E-state index contributed by atoms with van der Waals surface area (Å²) in [4.78, 5) is 33.4. The van der Waals surface area contributed by atoms with E-state index in [4.69, 9.17) is 14.2 Å². The number of halogens is 1. The minimum atomic E-state index is -0.733. The zero-order chi connectivity index (χ0) is 26.7. The summed E-state index contributed by atoms with van der Waals surface area (Å²) in [5.74, 6) is 0.574. The molecule has 0 spiro atoms. The monoisotopic (exact) mass is 585 g/mol. The molecule has 2 aromatic carbocycles. The molecule has 0 saturated carbocycles. The summed E-state index contributed by atoms with van der Waals surface area (Å²) in [6, 6.07) is 10.6. The molecule has 0 saturated heterocycles. The van der Waals surface area contributed by atoms with E-state index in [0.29, 0.717) is 39.6 Å². The van der Waals surface area contributed by atoms with Crippen LogP contribution >= 0.6 is 27.3 Å². The third-order valence-electron chi connectivity index (χ3n) is 5.76. The third-order valence-corrected chi connectivity index (χ3v) is 7.39. The number of fused-ring (bicyclic) bond motifs is 1. The average Bonchev–Trinajstić information content (AvgIpc) is 3.19. The number of esters is 1. The summed E-state index contributed by atoms with van der Waals surface area (Å²) < 4.78 is 19.5. The molecule has 194 valence electrons. The maximum Gasteiger partial charge on any atom is 0.337 e. The first kappa shape index (κ1) is 26.7. The van der Waals surface area contributed by atoms with Gasteiger partial charge in [-0.05, 0) is 71.2 Å². The molecule has 0 amide bonds. The molecular formula is C27H28BrN3O5S. The third kappa shape index (κ3) is 5.35. The lowest BCUT2D eigenvalue weighted by Crippen LogP contribution is -2.39. The molecule has 8 nitrogen and oxygen atoms in total. The number of thiazole rings is 1. The molecule has 1 atom stereocenters. The summed E-state index contributed by atoms with van der Waals surface area (Å²) in [6.07, 6.45) is 3.31. The second-order valence-electron chi connectivity index (χ2n) is 8.35. The van der Waals surface area contributed by atoms with Crippen molar-refractivity contribution < 1.29 is 19.0 Å². The number of anilines is 1. The molecule has 37 heavy (non-hydrogen) atoms. The van der Waals surface area contributed by atoms with Crippen molar-refractivity contribution in [1.29, 1.82) is 0 Å². The number of aromatic nitrogens is 1. The number of benzene rings is 2. The lowest BCUT2D eigenvalue weighted by Gasteiger charge is -2.23. The number of carbonyl (C=O) groups excluding carboxylic acids is 1. The van der Waals surface area contributed by atoms with E-state index in [1.54, 1.807) is 12.1 Å². The Kier molecular flexibility index (Phi) is 8.19. The van der Waals surface area contributed by atoms with Gasteiger partial charge in [0, 0.05) is 24.8 Å². The van der Waals surface area contributed by atoms with Gasteiger partial charge in [0.1, 0.15) is 0 Å². The van der Waals surface area contributed by atoms with Crippen LogP contribution in [0.1, 0.15) is 31.0 Å². The van der Waals surface area contributed by atoms with E-state index in [9.17, 15) is 9.59 Å². The van der Waals surface area contributed by atoms with E-state index < -0.39 is 12.0 Å². The Morgan fingerprint density at radius 2 is 1.86 bits per heavy atom. The van der Waals surface area contributed by atoms with E-state index in [-0.39, 0.29) is 11.1 Å². The van der Waals surface area contributed by atoms with Gasteiger partial charge < -0.3 is 19.1 Å². The predicted molar refractivity (Wildman–Crippen MR) is 148 cm³/mol. The van der Waals surface area contributed by atoms with Crippen LogP contribution in [-0.4, -0.2) is 45.0 Å². The van der Waals surface area contributed by atoms with Crippen molar-refractivity contribution in [2.24, 2.45) is 4.99 Å². The van der Waals surface area contributed by atoms with Crippen LogP contribution in [0.4, 0.5) is 5.69 Å². The first-order valence-electron chi connectivity index (χ1n) is 11.7. The molecule has 10 heteroatoms. The van der Waals surface area contributed by atoms with Gasteiger partial charge in [-0.25, -0.2) is 9.79 Å². The van der Waals surface area contributed by atoms with Crippen molar-refractivity contribution in [3.63, 3.8) is 0 Å². The molecule has 0 radical (unpaired) electrons. The van der Waals surface area contributed by atoms with Crippen molar-refractivity contribution in [2.75, 3.05) is 39.3 Å². The fourth-order valence-corrected chi connectivity index (χ4v) is 5.83. The van der Waals surface area contributed by atoms with Crippen LogP contribution in [0.15, 0.2) is 62.4 Å². The highest BCUT2D eigenvalue weighted by molar-refractivity contribution is 9.10. The molecule has 4 rings (SSSR count). The molecule has 2 heterocycles. The van der Waals surface area contributed by atoms with Crippen LogP contribution in [0.5, 0.6) is 11.5 Å². The maximum absolute atomic E-state index is 13.7. The molecule has 0 aliphatic carbocycles. The summed E-state index contributed by atoms with van der Waals surface area (Å²) in [6.45, 7) is 4.70. The van der Waals surface area contributed by atoms with Crippen LogP contribution in [0.25, 0.3) is 6.08 Å². The Bertz CT molecular complexity index is 1540. The Morgan fingerprint density at radius 3 is 2.51 bits per heavy atom. The number of methoxy groups -OCH3 is 1. The van der Waals surface area contributed by atoms with Crippen molar-refractivity contribution in [1.82, 2.24) is 4.57 Å². The maximum atomic E-state index is 13.7. The molecular weight excluding hydrogens is 558 g/mol. The van der Waals surface area contributed by atoms with Crippen LogP contribution < -0.4 is 29.3 Å². The molecule has 0 unspecified atom stereocenters. The molecule has 0 fully saturated rings. The fraction of sp³-hybridized carbons (Fsp3) is 0.296. The Balaban J connectivity index is 1.88. The van der Waals surface area contributed by atoms with Gasteiger partial charge in [0.25, 0.3) is 5.56 Å². The van der Waals surface area contributed by atoms with Gasteiger partial charge >= 0.3 is 5.97 Å². The van der Waals surface area contributed by atoms with Gasteiger partial charge in [-0.3, -0.25) is 9.36 Å². The second kappa shape index (κ2) is 11.4. The summed E-state index contributed by atoms with van der Waals surface area (Å²) in [5.41, 5.74) is 2.59. The predicted octanol–water partition coefficient (Wildman–Crippen LogP) is 3.64. The summed E-state index contributed by atoms with van der Waals surface area (Å²) in [5, 5.41) is 0. The van der Waals surface area contributed by atoms with E-state index >= 15 is 0 Å². The van der Waals surface area contributed by atoms with Gasteiger partial charge in [0.2, 0.25) is 0 Å². The number of nitrogens with zero attached hydrogens (tertiary/aromatic N) is 3. The van der Waals surface area contributed by atoms with Gasteiger partial charge in [0.15, 0.2) is 16.3 Å². The van der Waals surface area contributed by atoms with Crippen molar-refractivity contribution in [2.45, 2.75) is 19.9 Å². The van der Waals surface area contributed by atoms with Gasteiger partial charge in [-0.1, -0.05) is 23.5 Å². The van der Waals surface area contributed by atoms with Crippen molar-refractivity contribution >= 4 is 45.0 Å². The van der Waals surface area contributed by atoms with Gasteiger partial charge in [-0.2, -0.15) is 0 Å². The lowest BCUT2D eigenvalue weighted by atomic mass is 9.97. The highest BCUT2D eigenvalue weighted by Crippen LogP contribution is 2.35. The van der Waals surface area contributed by atoms with E-state index in [2.05, 4.69) is 20.9 Å². The number of rotatable bonds is 8. The number of carbonyl (C=O) groups is 1. The Labute approximate surface area is 227 Å². The Morgan fingerprint density at radius 1 is 1.14 bits per heavy atom. The largest absolute Gasteiger partial charge is 0.490 e. The number of hydrogen-bond donors (Lipinski definition) is 0. The molecule has 0 bridgehead atoms. The van der Waals surface area contributed by atoms with Crippen molar-refractivity contribution in [3.05, 3.63) is 83.5 Å². The average molecular weight is 587 g/mol. The zero-order valence-corrected chi connectivity index (χ0v) is 23.7. The molecule has 3 aromatic rings. The van der Waals surface area contributed by atoms with Crippen molar-refractivity contribution in [3.8, 4) is 11.5 Å².